The number of non-ortho nitro benzene ring substituents is 1. The summed E-state index contributed by atoms with van der Waals surface area (Å²) in [5.41, 5.74) is 0.341. The summed E-state index contributed by atoms with van der Waals surface area (Å²) in [6.07, 6.45) is 3.56. The second kappa shape index (κ2) is 6.16. The summed E-state index contributed by atoms with van der Waals surface area (Å²) in [7, 11) is 0. The smallest absolute Gasteiger partial charge is 0.270 e. The standard InChI is InChI=1S/C13H15N3O4/c1-10-14-4-5-15(10)6-7-20-13-3-2-12(16(18)19)8-11(13)9-17/h2-5,8,17H,6-7,9H2,1H3. The number of aryl methyl sites for hydroxylation is 1. The second-order valence-corrected chi connectivity index (χ2v) is 4.22. The molecular formula is C13H15N3O4. The van der Waals surface area contributed by atoms with Crippen LogP contribution in [0.3, 0.4) is 0 Å². The van der Waals surface area contributed by atoms with Crippen molar-refractivity contribution in [2.45, 2.75) is 20.1 Å². The van der Waals surface area contributed by atoms with Crippen molar-refractivity contribution < 1.29 is 14.8 Å². The molecule has 0 saturated heterocycles. The maximum atomic E-state index is 10.7. The summed E-state index contributed by atoms with van der Waals surface area (Å²) in [6.45, 7) is 2.60. The van der Waals surface area contributed by atoms with Crippen LogP contribution in [0.5, 0.6) is 5.75 Å². The van der Waals surface area contributed by atoms with Crippen molar-refractivity contribution in [1.29, 1.82) is 0 Å². The van der Waals surface area contributed by atoms with Gasteiger partial charge in [-0.1, -0.05) is 0 Å². The molecule has 1 N–H and O–H groups in total. The van der Waals surface area contributed by atoms with Gasteiger partial charge in [-0.05, 0) is 13.0 Å². The molecule has 0 saturated carbocycles. The van der Waals surface area contributed by atoms with E-state index in [1.807, 2.05) is 17.7 Å². The van der Waals surface area contributed by atoms with Crippen LogP contribution in [-0.4, -0.2) is 26.2 Å². The van der Waals surface area contributed by atoms with Crippen molar-refractivity contribution in [3.05, 3.63) is 52.1 Å². The molecule has 0 amide bonds. The summed E-state index contributed by atoms with van der Waals surface area (Å²) in [5.74, 6) is 1.34. The number of nitro groups is 1. The SMILES string of the molecule is Cc1nccn1CCOc1ccc([N+](=O)[O-])cc1CO. The quantitative estimate of drug-likeness (QED) is 0.640. The average Bonchev–Trinajstić information content (AvgIpc) is 2.84. The highest BCUT2D eigenvalue weighted by molar-refractivity contribution is 5.43. The van der Waals surface area contributed by atoms with Crippen molar-refractivity contribution in [3.8, 4) is 5.75 Å². The molecule has 1 aromatic heterocycles. The van der Waals surface area contributed by atoms with E-state index in [-0.39, 0.29) is 12.3 Å². The van der Waals surface area contributed by atoms with Gasteiger partial charge >= 0.3 is 0 Å². The van der Waals surface area contributed by atoms with Crippen LogP contribution in [0.15, 0.2) is 30.6 Å². The molecule has 0 aliphatic rings. The van der Waals surface area contributed by atoms with E-state index in [0.29, 0.717) is 24.5 Å². The molecule has 2 aromatic rings. The largest absolute Gasteiger partial charge is 0.491 e. The summed E-state index contributed by atoms with van der Waals surface area (Å²) >= 11 is 0. The van der Waals surface area contributed by atoms with Crippen molar-refractivity contribution in [3.63, 3.8) is 0 Å². The lowest BCUT2D eigenvalue weighted by Crippen LogP contribution is -2.09. The van der Waals surface area contributed by atoms with Gasteiger partial charge in [-0.2, -0.15) is 0 Å². The first-order valence-electron chi connectivity index (χ1n) is 6.10. The molecule has 2 rings (SSSR count). The Morgan fingerprint density at radius 1 is 1.50 bits per heavy atom. The second-order valence-electron chi connectivity index (χ2n) is 4.22. The minimum atomic E-state index is -0.502. The molecule has 1 aromatic carbocycles. The predicted molar refractivity (Wildman–Crippen MR) is 71.5 cm³/mol. The number of hydrogen-bond acceptors (Lipinski definition) is 5. The van der Waals surface area contributed by atoms with Gasteiger partial charge < -0.3 is 14.4 Å². The van der Waals surface area contributed by atoms with E-state index in [0.717, 1.165) is 5.82 Å². The molecule has 0 spiro atoms. The molecule has 7 heteroatoms. The topological polar surface area (TPSA) is 90.4 Å². The zero-order chi connectivity index (χ0) is 14.5. The van der Waals surface area contributed by atoms with E-state index in [9.17, 15) is 15.2 Å². The fourth-order valence-corrected chi connectivity index (χ4v) is 1.84. The van der Waals surface area contributed by atoms with Gasteiger partial charge in [0.2, 0.25) is 0 Å². The molecule has 0 unspecified atom stereocenters. The maximum Gasteiger partial charge on any atom is 0.270 e. The number of imidazole rings is 1. The highest BCUT2D eigenvalue weighted by Crippen LogP contribution is 2.24. The lowest BCUT2D eigenvalue weighted by molar-refractivity contribution is -0.385. The van der Waals surface area contributed by atoms with Crippen molar-refractivity contribution in [1.82, 2.24) is 9.55 Å². The third kappa shape index (κ3) is 3.12. The fraction of sp³-hybridized carbons (Fsp3) is 0.308. The number of hydrogen-bond donors (Lipinski definition) is 1. The van der Waals surface area contributed by atoms with Crippen molar-refractivity contribution in [2.75, 3.05) is 6.61 Å². The van der Waals surface area contributed by atoms with Gasteiger partial charge in [0.15, 0.2) is 0 Å². The highest BCUT2D eigenvalue weighted by atomic mass is 16.6. The molecule has 20 heavy (non-hydrogen) atoms. The van der Waals surface area contributed by atoms with Gasteiger partial charge in [0.05, 0.1) is 18.1 Å². The number of aliphatic hydroxyl groups excluding tert-OH is 1. The highest BCUT2D eigenvalue weighted by Gasteiger charge is 2.11. The molecule has 7 nitrogen and oxygen atoms in total. The number of rotatable bonds is 6. The molecule has 0 aliphatic carbocycles. The van der Waals surface area contributed by atoms with Crippen LogP contribution in [0.4, 0.5) is 5.69 Å². The van der Waals surface area contributed by atoms with Crippen molar-refractivity contribution in [2.24, 2.45) is 0 Å². The van der Waals surface area contributed by atoms with E-state index < -0.39 is 4.92 Å². The average molecular weight is 277 g/mol. The van der Waals surface area contributed by atoms with E-state index in [1.54, 1.807) is 6.20 Å². The molecule has 0 atom stereocenters. The zero-order valence-electron chi connectivity index (χ0n) is 11.0. The van der Waals surface area contributed by atoms with Crippen LogP contribution < -0.4 is 4.74 Å². The number of ether oxygens (including phenoxy) is 1. The van der Waals surface area contributed by atoms with Crippen molar-refractivity contribution >= 4 is 5.69 Å². The number of benzene rings is 1. The van der Waals surface area contributed by atoms with Crippen LogP contribution in [-0.2, 0) is 13.2 Å². The Balaban J connectivity index is 2.02. The number of aliphatic hydroxyl groups is 1. The van der Waals surface area contributed by atoms with Crippen LogP contribution in [0, 0.1) is 17.0 Å². The number of nitro benzene ring substituents is 1. The monoisotopic (exact) mass is 277 g/mol. The van der Waals surface area contributed by atoms with Gasteiger partial charge in [0, 0.05) is 30.1 Å². The summed E-state index contributed by atoms with van der Waals surface area (Å²) in [4.78, 5) is 14.3. The van der Waals surface area contributed by atoms with Gasteiger partial charge in [-0.3, -0.25) is 10.1 Å². The van der Waals surface area contributed by atoms with Gasteiger partial charge in [-0.15, -0.1) is 0 Å². The molecule has 0 aliphatic heterocycles. The normalized spacial score (nSPS) is 10.5. The third-order valence-electron chi connectivity index (χ3n) is 2.94. The first-order valence-corrected chi connectivity index (χ1v) is 6.10. The molecule has 1 heterocycles. The lowest BCUT2D eigenvalue weighted by Gasteiger charge is -2.11. The minimum absolute atomic E-state index is 0.0631. The number of aromatic nitrogens is 2. The van der Waals surface area contributed by atoms with E-state index in [1.165, 1.54) is 18.2 Å². The van der Waals surface area contributed by atoms with E-state index >= 15 is 0 Å². The first kappa shape index (κ1) is 14.0. The Bertz CT molecular complexity index is 609. The molecule has 106 valence electrons. The van der Waals surface area contributed by atoms with Gasteiger partial charge in [-0.25, -0.2) is 4.98 Å². The van der Waals surface area contributed by atoms with Crippen LogP contribution >= 0.6 is 0 Å². The third-order valence-corrected chi connectivity index (χ3v) is 2.94. The lowest BCUT2D eigenvalue weighted by atomic mass is 10.2. The molecule has 0 bridgehead atoms. The van der Waals surface area contributed by atoms with Gasteiger partial charge in [0.1, 0.15) is 18.2 Å². The number of nitrogens with zero attached hydrogens (tertiary/aromatic N) is 3. The molecule has 0 fully saturated rings. The fourth-order valence-electron chi connectivity index (χ4n) is 1.84. The Labute approximate surface area is 115 Å². The first-order chi connectivity index (χ1) is 9.61. The Morgan fingerprint density at radius 2 is 2.30 bits per heavy atom. The van der Waals surface area contributed by atoms with E-state index in [2.05, 4.69) is 4.98 Å². The Kier molecular flexibility index (Phi) is 4.31. The summed E-state index contributed by atoms with van der Waals surface area (Å²) < 4.78 is 7.49. The summed E-state index contributed by atoms with van der Waals surface area (Å²) in [5, 5.41) is 19.9. The van der Waals surface area contributed by atoms with Crippen LogP contribution in [0.2, 0.25) is 0 Å². The van der Waals surface area contributed by atoms with Gasteiger partial charge in [0.25, 0.3) is 5.69 Å². The molecular weight excluding hydrogens is 262 g/mol. The zero-order valence-corrected chi connectivity index (χ0v) is 11.0. The van der Waals surface area contributed by atoms with E-state index in [4.69, 9.17) is 4.74 Å². The minimum Gasteiger partial charge on any atom is -0.491 e. The van der Waals surface area contributed by atoms with Crippen LogP contribution in [0.1, 0.15) is 11.4 Å². The van der Waals surface area contributed by atoms with Crippen LogP contribution in [0.25, 0.3) is 0 Å². The predicted octanol–water partition coefficient (Wildman–Crippen LogP) is 1.67. The maximum absolute atomic E-state index is 10.7. The summed E-state index contributed by atoms with van der Waals surface area (Å²) in [6, 6.07) is 4.18. The Hall–Kier alpha value is -2.41. The molecule has 0 radical (unpaired) electrons. The Morgan fingerprint density at radius 3 is 2.90 bits per heavy atom.